The molecule has 3 nitrogen and oxygen atoms in total. The van der Waals surface area contributed by atoms with E-state index in [0.29, 0.717) is 6.54 Å². The van der Waals surface area contributed by atoms with Crippen LogP contribution in [0.25, 0.3) is 0 Å². The van der Waals surface area contributed by atoms with E-state index in [0.717, 1.165) is 12.1 Å². The fraction of sp³-hybridized carbons (Fsp3) is 0.278. The topological polar surface area (TPSA) is 32.3 Å². The molecule has 0 saturated heterocycles. The molecular formula is C18H21FN2O. The molecule has 1 N–H and O–H groups in total. The molecule has 0 atom stereocenters. The number of carbonyl (C=O) groups is 1. The third kappa shape index (κ3) is 4.58. The zero-order valence-electron chi connectivity index (χ0n) is 13.0. The van der Waals surface area contributed by atoms with Crippen molar-refractivity contribution in [2.24, 2.45) is 0 Å². The quantitative estimate of drug-likeness (QED) is 0.889. The monoisotopic (exact) mass is 300 g/mol. The molecule has 0 heterocycles. The smallest absolute Gasteiger partial charge is 0.239 e. The Balaban J connectivity index is 1.78. The molecule has 0 aliphatic rings. The van der Waals surface area contributed by atoms with Crippen molar-refractivity contribution in [1.29, 1.82) is 0 Å². The summed E-state index contributed by atoms with van der Waals surface area (Å²) in [5.74, 6) is -0.319. The van der Waals surface area contributed by atoms with E-state index in [4.69, 9.17) is 0 Å². The van der Waals surface area contributed by atoms with E-state index in [2.05, 4.69) is 24.4 Å². The number of aryl methyl sites for hydroxylation is 1. The normalized spacial score (nSPS) is 10.3. The average molecular weight is 300 g/mol. The molecule has 2 aromatic rings. The minimum absolute atomic E-state index is 0.0413. The number of benzene rings is 2. The Morgan fingerprint density at radius 3 is 2.50 bits per heavy atom. The van der Waals surface area contributed by atoms with Crippen LogP contribution in [0.15, 0.2) is 48.5 Å². The van der Waals surface area contributed by atoms with E-state index in [-0.39, 0.29) is 18.3 Å². The van der Waals surface area contributed by atoms with Gasteiger partial charge in [0.25, 0.3) is 0 Å². The van der Waals surface area contributed by atoms with E-state index >= 15 is 0 Å². The van der Waals surface area contributed by atoms with Crippen molar-refractivity contribution in [2.45, 2.75) is 13.3 Å². The zero-order chi connectivity index (χ0) is 15.9. The lowest BCUT2D eigenvalue weighted by molar-refractivity contribution is -0.119. The predicted molar refractivity (Wildman–Crippen MR) is 87.6 cm³/mol. The van der Waals surface area contributed by atoms with Crippen LogP contribution < -0.4 is 10.2 Å². The number of nitrogens with one attached hydrogen (secondary N) is 1. The molecule has 0 radical (unpaired) electrons. The Bertz CT molecular complexity index is 625. The van der Waals surface area contributed by atoms with Gasteiger partial charge in [0.15, 0.2) is 0 Å². The van der Waals surface area contributed by atoms with Gasteiger partial charge in [-0.15, -0.1) is 0 Å². The van der Waals surface area contributed by atoms with E-state index in [9.17, 15) is 9.18 Å². The standard InChI is InChI=1S/C18H21FN2O/c1-14-5-3-4-6-15(14)11-12-20-18(22)13-21(2)17-9-7-16(19)8-10-17/h3-10H,11-13H2,1-2H3,(H,20,22). The molecule has 0 fully saturated rings. The highest BCUT2D eigenvalue weighted by molar-refractivity contribution is 5.81. The second-order valence-corrected chi connectivity index (χ2v) is 5.36. The van der Waals surface area contributed by atoms with Crippen LogP contribution >= 0.6 is 0 Å². The number of halogens is 1. The summed E-state index contributed by atoms with van der Waals surface area (Å²) < 4.78 is 12.9. The van der Waals surface area contributed by atoms with Gasteiger partial charge in [0.2, 0.25) is 5.91 Å². The van der Waals surface area contributed by atoms with Gasteiger partial charge < -0.3 is 10.2 Å². The van der Waals surface area contributed by atoms with Gasteiger partial charge in [-0.3, -0.25) is 4.79 Å². The summed E-state index contributed by atoms with van der Waals surface area (Å²) in [5.41, 5.74) is 3.30. The molecule has 4 heteroatoms. The summed E-state index contributed by atoms with van der Waals surface area (Å²) >= 11 is 0. The van der Waals surface area contributed by atoms with Gasteiger partial charge in [-0.2, -0.15) is 0 Å². The Morgan fingerprint density at radius 2 is 1.82 bits per heavy atom. The maximum absolute atomic E-state index is 12.9. The first-order valence-electron chi connectivity index (χ1n) is 7.34. The molecule has 0 aromatic heterocycles. The predicted octanol–water partition coefficient (Wildman–Crippen LogP) is 2.93. The molecule has 0 unspecified atom stereocenters. The van der Waals surface area contributed by atoms with Crippen LogP contribution in [0.4, 0.5) is 10.1 Å². The number of hydrogen-bond donors (Lipinski definition) is 1. The third-order valence-electron chi connectivity index (χ3n) is 3.63. The van der Waals surface area contributed by atoms with Gasteiger partial charge in [-0.25, -0.2) is 4.39 Å². The van der Waals surface area contributed by atoms with Crippen LogP contribution in [0.3, 0.4) is 0 Å². The molecule has 0 aliphatic carbocycles. The van der Waals surface area contributed by atoms with Crippen molar-refractivity contribution in [3.8, 4) is 0 Å². The first kappa shape index (κ1) is 16.0. The SMILES string of the molecule is Cc1ccccc1CCNC(=O)CN(C)c1ccc(F)cc1. The lowest BCUT2D eigenvalue weighted by Crippen LogP contribution is -2.36. The molecule has 0 spiro atoms. The Hall–Kier alpha value is -2.36. The minimum Gasteiger partial charge on any atom is -0.365 e. The summed E-state index contributed by atoms with van der Waals surface area (Å²) in [4.78, 5) is 13.7. The van der Waals surface area contributed by atoms with Crippen LogP contribution in [0.2, 0.25) is 0 Å². The molecule has 0 saturated carbocycles. The highest BCUT2D eigenvalue weighted by Crippen LogP contribution is 2.12. The average Bonchev–Trinajstić information content (AvgIpc) is 2.50. The summed E-state index contributed by atoms with van der Waals surface area (Å²) in [5, 5.41) is 2.92. The molecule has 2 rings (SSSR count). The van der Waals surface area contributed by atoms with Crippen LogP contribution in [-0.4, -0.2) is 26.0 Å². The maximum atomic E-state index is 12.9. The number of hydrogen-bond acceptors (Lipinski definition) is 2. The van der Waals surface area contributed by atoms with Crippen molar-refractivity contribution >= 4 is 11.6 Å². The van der Waals surface area contributed by atoms with E-state index in [1.54, 1.807) is 17.0 Å². The molecule has 116 valence electrons. The number of rotatable bonds is 6. The lowest BCUT2D eigenvalue weighted by Gasteiger charge is -2.18. The zero-order valence-corrected chi connectivity index (χ0v) is 13.0. The largest absolute Gasteiger partial charge is 0.365 e. The van der Waals surface area contributed by atoms with Crippen LogP contribution in [-0.2, 0) is 11.2 Å². The summed E-state index contributed by atoms with van der Waals surface area (Å²) in [6.07, 6.45) is 0.818. The first-order chi connectivity index (χ1) is 10.6. The second kappa shape index (κ2) is 7.59. The number of carbonyl (C=O) groups excluding carboxylic acids is 1. The van der Waals surface area contributed by atoms with Crippen LogP contribution in [0.1, 0.15) is 11.1 Å². The van der Waals surface area contributed by atoms with Crippen molar-refractivity contribution in [1.82, 2.24) is 5.32 Å². The van der Waals surface area contributed by atoms with Gasteiger partial charge in [0, 0.05) is 19.3 Å². The fourth-order valence-electron chi connectivity index (χ4n) is 2.29. The highest BCUT2D eigenvalue weighted by atomic mass is 19.1. The minimum atomic E-state index is -0.278. The van der Waals surface area contributed by atoms with Gasteiger partial charge in [-0.1, -0.05) is 24.3 Å². The molecule has 0 bridgehead atoms. The van der Waals surface area contributed by atoms with Crippen molar-refractivity contribution in [2.75, 3.05) is 25.0 Å². The van der Waals surface area contributed by atoms with Crippen molar-refractivity contribution in [3.63, 3.8) is 0 Å². The number of amides is 1. The summed E-state index contributed by atoms with van der Waals surface area (Å²) in [6, 6.07) is 14.3. The lowest BCUT2D eigenvalue weighted by atomic mass is 10.1. The van der Waals surface area contributed by atoms with Gasteiger partial charge >= 0.3 is 0 Å². The van der Waals surface area contributed by atoms with Crippen molar-refractivity contribution < 1.29 is 9.18 Å². The first-order valence-corrected chi connectivity index (χ1v) is 7.34. The van der Waals surface area contributed by atoms with Gasteiger partial charge in [0.1, 0.15) is 5.82 Å². The molecule has 0 aliphatic heterocycles. The summed E-state index contributed by atoms with van der Waals surface area (Å²) in [6.45, 7) is 2.93. The molecule has 1 amide bonds. The second-order valence-electron chi connectivity index (χ2n) is 5.36. The van der Waals surface area contributed by atoms with Crippen LogP contribution in [0.5, 0.6) is 0 Å². The Morgan fingerprint density at radius 1 is 1.14 bits per heavy atom. The maximum Gasteiger partial charge on any atom is 0.239 e. The number of anilines is 1. The Labute approximate surface area is 130 Å². The van der Waals surface area contributed by atoms with Gasteiger partial charge in [-0.05, 0) is 48.7 Å². The summed E-state index contributed by atoms with van der Waals surface area (Å²) in [7, 11) is 1.81. The van der Waals surface area contributed by atoms with Crippen molar-refractivity contribution in [3.05, 3.63) is 65.5 Å². The Kier molecular flexibility index (Phi) is 5.53. The number of nitrogens with zero attached hydrogens (tertiary/aromatic N) is 1. The van der Waals surface area contributed by atoms with Crippen LogP contribution in [0, 0.1) is 12.7 Å². The highest BCUT2D eigenvalue weighted by Gasteiger charge is 2.07. The van der Waals surface area contributed by atoms with E-state index < -0.39 is 0 Å². The van der Waals surface area contributed by atoms with E-state index in [1.807, 2.05) is 19.2 Å². The molecular weight excluding hydrogens is 279 g/mol. The number of likely N-dealkylation sites (N-methyl/N-ethyl adjacent to an activating group) is 1. The van der Waals surface area contributed by atoms with Gasteiger partial charge in [0.05, 0.1) is 6.54 Å². The molecule has 22 heavy (non-hydrogen) atoms. The third-order valence-corrected chi connectivity index (χ3v) is 3.63. The van der Waals surface area contributed by atoms with E-state index in [1.165, 1.54) is 23.3 Å². The fourth-order valence-corrected chi connectivity index (χ4v) is 2.29. The molecule has 2 aromatic carbocycles.